The number of rotatable bonds is 3. The number of amides is 1. The fourth-order valence-electron chi connectivity index (χ4n) is 2.33. The van der Waals surface area contributed by atoms with E-state index >= 15 is 0 Å². The number of aliphatic hydroxyl groups excluding tert-OH is 1. The molecule has 0 bridgehead atoms. The van der Waals surface area contributed by atoms with Crippen LogP contribution in [0.4, 0.5) is 0 Å². The van der Waals surface area contributed by atoms with Crippen molar-refractivity contribution >= 4 is 17.2 Å². The summed E-state index contributed by atoms with van der Waals surface area (Å²) in [7, 11) is 0. The summed E-state index contributed by atoms with van der Waals surface area (Å²) in [6, 6.07) is 2.06. The summed E-state index contributed by atoms with van der Waals surface area (Å²) in [5.41, 5.74) is 1.24. The van der Waals surface area contributed by atoms with Crippen LogP contribution in [0.5, 0.6) is 0 Å². The van der Waals surface area contributed by atoms with Gasteiger partial charge in [-0.05, 0) is 31.9 Å². The van der Waals surface area contributed by atoms with E-state index in [9.17, 15) is 9.90 Å². The molecule has 0 saturated carbocycles. The minimum Gasteiger partial charge on any atom is -0.394 e. The Hall–Kier alpha value is -0.910. The van der Waals surface area contributed by atoms with E-state index in [0.717, 1.165) is 11.3 Å². The molecule has 5 heteroatoms. The number of nitrogens with zero attached hydrogens (tertiary/aromatic N) is 1. The molecule has 2 heterocycles. The first-order chi connectivity index (χ1) is 9.06. The quantitative estimate of drug-likeness (QED) is 0.921. The smallest absolute Gasteiger partial charge is 0.264 e. The number of carbonyl (C=O) groups is 1. The zero-order valence-corrected chi connectivity index (χ0v) is 12.5. The molecule has 0 spiro atoms. The first-order valence-corrected chi connectivity index (χ1v) is 7.51. The maximum Gasteiger partial charge on any atom is 0.264 e. The van der Waals surface area contributed by atoms with Gasteiger partial charge in [-0.2, -0.15) is 0 Å². The molecule has 106 valence electrons. The van der Waals surface area contributed by atoms with E-state index in [1.54, 1.807) is 11.3 Å². The molecule has 1 aromatic heterocycles. The van der Waals surface area contributed by atoms with Gasteiger partial charge >= 0.3 is 0 Å². The van der Waals surface area contributed by atoms with Gasteiger partial charge in [0.2, 0.25) is 0 Å². The lowest BCUT2D eigenvalue weighted by molar-refractivity contribution is -0.0666. The number of aryl methyl sites for hydroxylation is 2. The van der Waals surface area contributed by atoms with Crippen LogP contribution in [0.15, 0.2) is 6.07 Å². The summed E-state index contributed by atoms with van der Waals surface area (Å²) in [4.78, 5) is 16.4. The van der Waals surface area contributed by atoms with Crippen LogP contribution in [0.1, 0.15) is 34.0 Å². The molecular formula is C14H21NO3S. The van der Waals surface area contributed by atoms with E-state index in [4.69, 9.17) is 4.74 Å². The van der Waals surface area contributed by atoms with Gasteiger partial charge in [0.25, 0.3) is 5.91 Å². The van der Waals surface area contributed by atoms with Gasteiger partial charge in [0, 0.05) is 11.4 Å². The van der Waals surface area contributed by atoms with Gasteiger partial charge in [-0.15, -0.1) is 11.3 Å². The van der Waals surface area contributed by atoms with E-state index in [1.165, 1.54) is 10.4 Å². The molecule has 2 rings (SSSR count). The molecule has 4 nitrogen and oxygen atoms in total. The van der Waals surface area contributed by atoms with Crippen molar-refractivity contribution in [1.82, 2.24) is 4.90 Å². The van der Waals surface area contributed by atoms with Gasteiger partial charge in [0.05, 0.1) is 30.2 Å². The zero-order chi connectivity index (χ0) is 14.0. The van der Waals surface area contributed by atoms with E-state index in [2.05, 4.69) is 13.8 Å². The number of ether oxygens (including phenoxy) is 1. The molecular weight excluding hydrogens is 262 g/mol. The van der Waals surface area contributed by atoms with Gasteiger partial charge in [-0.1, -0.05) is 6.92 Å². The van der Waals surface area contributed by atoms with E-state index in [-0.39, 0.29) is 24.7 Å². The fraction of sp³-hybridized carbons (Fsp3) is 0.643. The Morgan fingerprint density at radius 2 is 2.37 bits per heavy atom. The predicted octanol–water partition coefficient (Wildman–Crippen LogP) is 1.84. The van der Waals surface area contributed by atoms with Crippen LogP contribution < -0.4 is 0 Å². The first-order valence-electron chi connectivity index (χ1n) is 6.69. The topological polar surface area (TPSA) is 49.8 Å². The second kappa shape index (κ2) is 6.03. The van der Waals surface area contributed by atoms with Crippen LogP contribution in [0.3, 0.4) is 0 Å². The SMILES string of the molecule is CCc1cc(C(=O)N2CC(CO)OCC2C)sc1C. The van der Waals surface area contributed by atoms with Crippen LogP contribution in [0, 0.1) is 6.92 Å². The third kappa shape index (κ3) is 2.99. The molecule has 1 aromatic rings. The average Bonchev–Trinajstić information content (AvgIpc) is 2.80. The fourth-order valence-corrected chi connectivity index (χ4v) is 3.40. The highest BCUT2D eigenvalue weighted by Gasteiger charge is 2.30. The normalized spacial score (nSPS) is 23.7. The standard InChI is InChI=1S/C14H21NO3S/c1-4-11-5-13(19-10(11)3)14(17)15-6-12(7-16)18-8-9(15)2/h5,9,12,16H,4,6-8H2,1-3H3. The Morgan fingerprint density at radius 1 is 1.63 bits per heavy atom. The van der Waals surface area contributed by atoms with Crippen molar-refractivity contribution in [2.45, 2.75) is 39.3 Å². The average molecular weight is 283 g/mol. The van der Waals surface area contributed by atoms with Crippen molar-refractivity contribution in [3.63, 3.8) is 0 Å². The monoisotopic (exact) mass is 283 g/mol. The Kier molecular flexibility index (Phi) is 4.60. The van der Waals surface area contributed by atoms with Crippen molar-refractivity contribution in [2.75, 3.05) is 19.8 Å². The molecule has 1 N–H and O–H groups in total. The summed E-state index contributed by atoms with van der Waals surface area (Å²) >= 11 is 1.56. The van der Waals surface area contributed by atoms with E-state index in [1.807, 2.05) is 17.9 Å². The number of morpholine rings is 1. The van der Waals surface area contributed by atoms with Crippen molar-refractivity contribution in [3.8, 4) is 0 Å². The minimum absolute atomic E-state index is 0.0415. The van der Waals surface area contributed by atoms with E-state index < -0.39 is 0 Å². The highest BCUT2D eigenvalue weighted by atomic mass is 32.1. The van der Waals surface area contributed by atoms with Crippen molar-refractivity contribution in [2.24, 2.45) is 0 Å². The Bertz CT molecular complexity index is 458. The Labute approximate surface area is 118 Å². The third-order valence-corrected chi connectivity index (χ3v) is 4.66. The van der Waals surface area contributed by atoms with Gasteiger partial charge in [0.15, 0.2) is 0 Å². The second-order valence-corrected chi connectivity index (χ2v) is 6.25. The second-order valence-electron chi connectivity index (χ2n) is 4.99. The number of hydrogen-bond donors (Lipinski definition) is 1. The lowest BCUT2D eigenvalue weighted by atomic mass is 10.1. The van der Waals surface area contributed by atoms with Crippen molar-refractivity contribution in [3.05, 3.63) is 21.4 Å². The van der Waals surface area contributed by atoms with Gasteiger partial charge < -0.3 is 14.7 Å². The Balaban J connectivity index is 2.17. The largest absolute Gasteiger partial charge is 0.394 e. The molecule has 0 aromatic carbocycles. The molecule has 1 aliphatic rings. The molecule has 0 aliphatic carbocycles. The molecule has 1 saturated heterocycles. The molecule has 1 aliphatic heterocycles. The Morgan fingerprint density at radius 3 is 2.95 bits per heavy atom. The lowest BCUT2D eigenvalue weighted by Crippen LogP contribution is -2.51. The lowest BCUT2D eigenvalue weighted by Gasteiger charge is -2.37. The van der Waals surface area contributed by atoms with Crippen LogP contribution in [-0.2, 0) is 11.2 Å². The molecule has 0 radical (unpaired) electrons. The summed E-state index contributed by atoms with van der Waals surface area (Å²) in [6.07, 6.45) is 0.694. The summed E-state index contributed by atoms with van der Waals surface area (Å²) in [5, 5.41) is 9.17. The number of hydrogen-bond acceptors (Lipinski definition) is 4. The minimum atomic E-state index is -0.258. The van der Waals surface area contributed by atoms with Crippen LogP contribution in [0.25, 0.3) is 0 Å². The highest BCUT2D eigenvalue weighted by Crippen LogP contribution is 2.25. The van der Waals surface area contributed by atoms with Crippen molar-refractivity contribution < 1.29 is 14.6 Å². The van der Waals surface area contributed by atoms with Crippen molar-refractivity contribution in [1.29, 1.82) is 0 Å². The maximum absolute atomic E-state index is 12.6. The number of thiophene rings is 1. The molecule has 1 amide bonds. The van der Waals surface area contributed by atoms with E-state index in [0.29, 0.717) is 13.2 Å². The predicted molar refractivity (Wildman–Crippen MR) is 75.8 cm³/mol. The van der Waals surface area contributed by atoms with Crippen LogP contribution >= 0.6 is 11.3 Å². The first kappa shape index (κ1) is 14.5. The number of aliphatic hydroxyl groups is 1. The zero-order valence-electron chi connectivity index (χ0n) is 11.7. The van der Waals surface area contributed by atoms with Crippen LogP contribution in [0.2, 0.25) is 0 Å². The molecule has 19 heavy (non-hydrogen) atoms. The van der Waals surface area contributed by atoms with Gasteiger partial charge in [-0.25, -0.2) is 0 Å². The summed E-state index contributed by atoms with van der Waals surface area (Å²) in [5.74, 6) is 0.0575. The summed E-state index contributed by atoms with van der Waals surface area (Å²) in [6.45, 7) is 7.05. The molecule has 2 unspecified atom stereocenters. The molecule has 2 atom stereocenters. The number of carbonyl (C=O) groups excluding carboxylic acids is 1. The molecule has 1 fully saturated rings. The van der Waals surface area contributed by atoms with Crippen LogP contribution in [-0.4, -0.2) is 47.8 Å². The highest BCUT2D eigenvalue weighted by molar-refractivity contribution is 7.14. The third-order valence-electron chi connectivity index (χ3n) is 3.58. The maximum atomic E-state index is 12.6. The van der Waals surface area contributed by atoms with Gasteiger partial charge in [-0.3, -0.25) is 4.79 Å². The van der Waals surface area contributed by atoms with Gasteiger partial charge in [0.1, 0.15) is 0 Å². The summed E-state index contributed by atoms with van der Waals surface area (Å²) < 4.78 is 5.47.